The normalized spacial score (nSPS) is 16.8. The molecule has 6 heteroatoms. The molecule has 1 aromatic heterocycles. The Morgan fingerprint density at radius 3 is 2.38 bits per heavy atom. The van der Waals surface area contributed by atoms with Gasteiger partial charge in [0.05, 0.1) is 6.54 Å². The third-order valence-electron chi connectivity index (χ3n) is 4.52. The van der Waals surface area contributed by atoms with E-state index < -0.39 is 0 Å². The van der Waals surface area contributed by atoms with Gasteiger partial charge in [0, 0.05) is 18.7 Å². The summed E-state index contributed by atoms with van der Waals surface area (Å²) in [5, 5.41) is 13.2. The maximum Gasteiger partial charge on any atom is 0.317 e. The lowest BCUT2D eigenvalue weighted by atomic mass is 10.2. The van der Waals surface area contributed by atoms with Crippen molar-refractivity contribution in [2.75, 3.05) is 13.1 Å². The molecule has 0 bridgehead atoms. The van der Waals surface area contributed by atoms with E-state index in [2.05, 4.69) is 15.5 Å². The van der Waals surface area contributed by atoms with Crippen LogP contribution in [0.3, 0.4) is 0 Å². The van der Waals surface area contributed by atoms with Crippen molar-refractivity contribution >= 4 is 17.4 Å². The van der Waals surface area contributed by atoms with Gasteiger partial charge < -0.3 is 10.2 Å². The average Bonchev–Trinajstić information content (AvgIpc) is 3.54. The van der Waals surface area contributed by atoms with Gasteiger partial charge in [-0.1, -0.05) is 41.7 Å². The Kier molecular flexibility index (Phi) is 4.47. The summed E-state index contributed by atoms with van der Waals surface area (Å²) in [6.45, 7) is 2.27. The van der Waals surface area contributed by atoms with Crippen molar-refractivity contribution in [2.24, 2.45) is 11.8 Å². The number of hydrogen-bond donors (Lipinski definition) is 1. The molecule has 24 heavy (non-hydrogen) atoms. The molecule has 2 aromatic rings. The third-order valence-corrected chi connectivity index (χ3v) is 5.49. The van der Waals surface area contributed by atoms with Gasteiger partial charge in [-0.15, -0.1) is 10.2 Å². The molecular formula is C18H22N4OS. The van der Waals surface area contributed by atoms with Crippen LogP contribution in [0.4, 0.5) is 4.79 Å². The minimum absolute atomic E-state index is 0.0465. The molecule has 2 fully saturated rings. The lowest BCUT2D eigenvalue weighted by Gasteiger charge is -2.22. The van der Waals surface area contributed by atoms with Gasteiger partial charge in [-0.3, -0.25) is 0 Å². The van der Waals surface area contributed by atoms with Crippen LogP contribution in [0.5, 0.6) is 0 Å². The summed E-state index contributed by atoms with van der Waals surface area (Å²) in [5.41, 5.74) is 1.07. The molecule has 0 saturated heterocycles. The molecule has 1 N–H and O–H groups in total. The molecular weight excluding hydrogens is 320 g/mol. The zero-order valence-electron chi connectivity index (χ0n) is 13.6. The summed E-state index contributed by atoms with van der Waals surface area (Å²) >= 11 is 1.54. The van der Waals surface area contributed by atoms with Gasteiger partial charge in [0.15, 0.2) is 0 Å². The van der Waals surface area contributed by atoms with Gasteiger partial charge >= 0.3 is 6.03 Å². The SMILES string of the molecule is O=C(NCc1nnc(-c2ccccc2)s1)N(CC1CC1)CC1CC1. The number of carbonyl (C=O) groups excluding carboxylic acids is 1. The number of carbonyl (C=O) groups is 1. The molecule has 126 valence electrons. The summed E-state index contributed by atoms with van der Waals surface area (Å²) in [4.78, 5) is 14.5. The first-order valence-corrected chi connectivity index (χ1v) is 9.50. The van der Waals surface area contributed by atoms with Crippen molar-refractivity contribution in [3.8, 4) is 10.6 Å². The highest BCUT2D eigenvalue weighted by Crippen LogP contribution is 2.33. The molecule has 0 unspecified atom stereocenters. The van der Waals surface area contributed by atoms with Crippen LogP contribution >= 0.6 is 11.3 Å². The largest absolute Gasteiger partial charge is 0.331 e. The van der Waals surface area contributed by atoms with Gasteiger partial charge in [-0.2, -0.15) is 0 Å². The van der Waals surface area contributed by atoms with E-state index in [-0.39, 0.29) is 6.03 Å². The smallest absolute Gasteiger partial charge is 0.317 e. The first-order chi connectivity index (χ1) is 11.8. The Bertz CT molecular complexity index is 680. The fourth-order valence-electron chi connectivity index (χ4n) is 2.75. The zero-order valence-corrected chi connectivity index (χ0v) is 14.5. The summed E-state index contributed by atoms with van der Waals surface area (Å²) < 4.78 is 0. The van der Waals surface area contributed by atoms with Gasteiger partial charge in [0.2, 0.25) is 0 Å². The van der Waals surface area contributed by atoms with E-state index in [1.807, 2.05) is 35.2 Å². The predicted molar refractivity (Wildman–Crippen MR) is 94.6 cm³/mol. The highest BCUT2D eigenvalue weighted by Gasteiger charge is 2.31. The molecule has 4 rings (SSSR count). The third kappa shape index (κ3) is 4.12. The molecule has 2 aliphatic rings. The molecule has 2 amide bonds. The van der Waals surface area contributed by atoms with Crippen LogP contribution < -0.4 is 5.32 Å². The minimum Gasteiger partial charge on any atom is -0.331 e. The number of aromatic nitrogens is 2. The van der Waals surface area contributed by atoms with Crippen molar-refractivity contribution in [1.29, 1.82) is 0 Å². The van der Waals surface area contributed by atoms with Crippen molar-refractivity contribution in [2.45, 2.75) is 32.2 Å². The van der Waals surface area contributed by atoms with E-state index in [0.29, 0.717) is 6.54 Å². The van der Waals surface area contributed by atoms with Crippen LogP contribution in [0.25, 0.3) is 10.6 Å². The van der Waals surface area contributed by atoms with Crippen molar-refractivity contribution in [1.82, 2.24) is 20.4 Å². The molecule has 0 spiro atoms. The van der Waals surface area contributed by atoms with Gasteiger partial charge in [0.25, 0.3) is 0 Å². The lowest BCUT2D eigenvalue weighted by molar-refractivity contribution is 0.192. The van der Waals surface area contributed by atoms with E-state index in [4.69, 9.17) is 0 Å². The number of benzene rings is 1. The van der Waals surface area contributed by atoms with Gasteiger partial charge in [-0.25, -0.2) is 4.79 Å². The Labute approximate surface area is 146 Å². The first-order valence-electron chi connectivity index (χ1n) is 8.68. The standard InChI is InChI=1S/C18H22N4OS/c23-18(22(11-13-6-7-13)12-14-8-9-14)19-10-16-20-21-17(24-16)15-4-2-1-3-5-15/h1-5,13-14H,6-12H2,(H,19,23). The van der Waals surface area contributed by atoms with E-state index in [1.54, 1.807) is 0 Å². The van der Waals surface area contributed by atoms with E-state index in [1.165, 1.54) is 37.0 Å². The molecule has 1 aromatic carbocycles. The van der Waals surface area contributed by atoms with Crippen LogP contribution in [-0.2, 0) is 6.54 Å². The number of rotatable bonds is 7. The summed E-state index contributed by atoms with van der Waals surface area (Å²) in [5.74, 6) is 1.45. The van der Waals surface area contributed by atoms with Crippen LogP contribution in [0.2, 0.25) is 0 Å². The molecule has 0 atom stereocenters. The zero-order chi connectivity index (χ0) is 16.4. The first kappa shape index (κ1) is 15.6. The minimum atomic E-state index is 0.0465. The second-order valence-electron chi connectivity index (χ2n) is 6.82. The summed E-state index contributed by atoms with van der Waals surface area (Å²) in [7, 11) is 0. The van der Waals surface area contributed by atoms with Crippen LogP contribution in [0, 0.1) is 11.8 Å². The molecule has 0 radical (unpaired) electrons. The Morgan fingerprint density at radius 2 is 1.75 bits per heavy atom. The number of amides is 2. The number of urea groups is 1. The van der Waals surface area contributed by atoms with Crippen molar-refractivity contribution in [3.63, 3.8) is 0 Å². The van der Waals surface area contributed by atoms with E-state index in [9.17, 15) is 4.79 Å². The number of nitrogens with zero attached hydrogens (tertiary/aromatic N) is 3. The van der Waals surface area contributed by atoms with Gasteiger partial charge in [-0.05, 0) is 37.5 Å². The quantitative estimate of drug-likeness (QED) is 0.837. The van der Waals surface area contributed by atoms with Gasteiger partial charge in [0.1, 0.15) is 10.0 Å². The second kappa shape index (κ2) is 6.89. The maximum absolute atomic E-state index is 12.5. The van der Waals surface area contributed by atoms with Crippen LogP contribution in [0.15, 0.2) is 30.3 Å². The Balaban J connectivity index is 1.33. The summed E-state index contributed by atoms with van der Waals surface area (Å²) in [6.07, 6.45) is 5.08. The topological polar surface area (TPSA) is 58.1 Å². The summed E-state index contributed by atoms with van der Waals surface area (Å²) in [6, 6.07) is 10.1. The number of nitrogens with one attached hydrogen (secondary N) is 1. The second-order valence-corrected chi connectivity index (χ2v) is 7.88. The predicted octanol–water partition coefficient (Wildman–Crippen LogP) is 3.54. The molecule has 2 aliphatic carbocycles. The fourth-order valence-corrected chi connectivity index (χ4v) is 3.53. The molecule has 5 nitrogen and oxygen atoms in total. The van der Waals surface area contributed by atoms with E-state index >= 15 is 0 Å². The lowest BCUT2D eigenvalue weighted by Crippen LogP contribution is -2.41. The highest BCUT2D eigenvalue weighted by atomic mass is 32.1. The monoisotopic (exact) mass is 342 g/mol. The van der Waals surface area contributed by atoms with Crippen molar-refractivity contribution in [3.05, 3.63) is 35.3 Å². The average molecular weight is 342 g/mol. The van der Waals surface area contributed by atoms with E-state index in [0.717, 1.165) is 40.5 Å². The number of hydrogen-bond acceptors (Lipinski definition) is 4. The molecule has 2 saturated carbocycles. The van der Waals surface area contributed by atoms with Crippen molar-refractivity contribution < 1.29 is 4.79 Å². The highest BCUT2D eigenvalue weighted by molar-refractivity contribution is 7.14. The Hall–Kier alpha value is -1.95. The Morgan fingerprint density at radius 1 is 1.08 bits per heavy atom. The fraction of sp³-hybridized carbons (Fsp3) is 0.500. The van der Waals surface area contributed by atoms with Crippen LogP contribution in [0.1, 0.15) is 30.7 Å². The molecule has 0 aliphatic heterocycles. The molecule has 1 heterocycles. The maximum atomic E-state index is 12.5. The van der Waals surface area contributed by atoms with Crippen LogP contribution in [-0.4, -0.2) is 34.2 Å².